The van der Waals surface area contributed by atoms with Gasteiger partial charge in [0.15, 0.2) is 5.78 Å². The van der Waals surface area contributed by atoms with Crippen molar-refractivity contribution >= 4 is 11.5 Å². The largest absolute Gasteiger partial charge is 0.399 e. The van der Waals surface area contributed by atoms with Crippen molar-refractivity contribution in [1.82, 2.24) is 0 Å². The van der Waals surface area contributed by atoms with Gasteiger partial charge in [-0.15, -0.1) is 0 Å². The Morgan fingerprint density at radius 1 is 1.22 bits per heavy atom. The number of Topliss-reactive ketones (excluding diaryl/α,β-unsaturated/α-hetero) is 1. The summed E-state index contributed by atoms with van der Waals surface area (Å²) in [5.74, 6) is 1.64. The van der Waals surface area contributed by atoms with E-state index in [2.05, 4.69) is 18.2 Å². The van der Waals surface area contributed by atoms with Crippen molar-refractivity contribution in [2.45, 2.75) is 25.7 Å². The molecule has 1 saturated carbocycles. The van der Waals surface area contributed by atoms with Crippen LogP contribution in [-0.2, 0) is 6.42 Å². The quantitative estimate of drug-likeness (QED) is 0.558. The molecule has 4 rings (SSSR count). The van der Waals surface area contributed by atoms with Gasteiger partial charge in [0, 0.05) is 17.7 Å². The van der Waals surface area contributed by atoms with Crippen molar-refractivity contribution < 1.29 is 4.79 Å². The number of carbonyl (C=O) groups excluding carboxylic acids is 1. The third kappa shape index (κ3) is 1.26. The van der Waals surface area contributed by atoms with E-state index in [1.54, 1.807) is 0 Å². The zero-order chi connectivity index (χ0) is 12.3. The molecule has 0 aliphatic heterocycles. The van der Waals surface area contributed by atoms with Gasteiger partial charge >= 0.3 is 0 Å². The average Bonchev–Trinajstić information content (AvgIpc) is 2.91. The molecule has 1 aromatic rings. The molecule has 2 N–H and O–H groups in total. The molecule has 1 fully saturated rings. The Morgan fingerprint density at radius 2 is 2.11 bits per heavy atom. The lowest BCUT2D eigenvalue weighted by Crippen LogP contribution is -2.35. The normalized spacial score (nSPS) is 36.3. The van der Waals surface area contributed by atoms with Crippen LogP contribution in [0.15, 0.2) is 30.4 Å². The lowest BCUT2D eigenvalue weighted by atomic mass is 9.64. The van der Waals surface area contributed by atoms with Crippen molar-refractivity contribution in [2.75, 3.05) is 5.73 Å². The van der Waals surface area contributed by atoms with Crippen LogP contribution < -0.4 is 5.73 Å². The molecule has 3 atom stereocenters. The van der Waals surface area contributed by atoms with E-state index in [-0.39, 0.29) is 5.41 Å². The second kappa shape index (κ2) is 3.25. The summed E-state index contributed by atoms with van der Waals surface area (Å²) < 4.78 is 0. The van der Waals surface area contributed by atoms with Crippen molar-refractivity contribution in [1.29, 1.82) is 0 Å². The molecule has 2 nitrogen and oxygen atoms in total. The van der Waals surface area contributed by atoms with E-state index in [0.717, 1.165) is 24.3 Å². The molecule has 0 amide bonds. The first kappa shape index (κ1) is 10.4. The maximum absolute atomic E-state index is 12.4. The fourth-order valence-corrected chi connectivity index (χ4v) is 4.32. The van der Waals surface area contributed by atoms with E-state index in [9.17, 15) is 4.79 Å². The number of fused-ring (bicyclic) bond motifs is 4. The molecule has 0 heterocycles. The average molecular weight is 239 g/mol. The number of allylic oxidation sites excluding steroid dienone is 2. The summed E-state index contributed by atoms with van der Waals surface area (Å²) in [5.41, 5.74) is 8.79. The van der Waals surface area contributed by atoms with Crippen LogP contribution >= 0.6 is 0 Å². The third-order valence-electron chi connectivity index (χ3n) is 5.12. The van der Waals surface area contributed by atoms with Crippen LogP contribution in [0.5, 0.6) is 0 Å². The molecule has 18 heavy (non-hydrogen) atoms. The summed E-state index contributed by atoms with van der Waals surface area (Å²) in [4.78, 5) is 12.4. The number of carbonyl (C=O) groups is 1. The van der Waals surface area contributed by atoms with E-state index < -0.39 is 0 Å². The zero-order valence-corrected chi connectivity index (χ0v) is 10.4. The van der Waals surface area contributed by atoms with E-state index in [1.165, 1.54) is 18.4 Å². The molecular weight excluding hydrogens is 222 g/mol. The van der Waals surface area contributed by atoms with Crippen LogP contribution in [0.2, 0.25) is 0 Å². The fraction of sp³-hybridized carbons (Fsp3) is 0.438. The Balaban J connectivity index is 1.79. The maximum atomic E-state index is 12.4. The zero-order valence-electron chi connectivity index (χ0n) is 10.4. The minimum Gasteiger partial charge on any atom is -0.399 e. The van der Waals surface area contributed by atoms with E-state index in [0.29, 0.717) is 17.4 Å². The number of anilines is 1. The standard InChI is InChI=1S/C16H17NO/c17-13-4-2-11-8-16(9-15(18)14(11)6-13)7-10-1-3-12(16)5-10/h1-4,6,10,12H,5,7-9,17H2. The van der Waals surface area contributed by atoms with Gasteiger partial charge in [0.1, 0.15) is 0 Å². The van der Waals surface area contributed by atoms with Crippen LogP contribution in [0.25, 0.3) is 0 Å². The molecule has 92 valence electrons. The smallest absolute Gasteiger partial charge is 0.163 e. The van der Waals surface area contributed by atoms with Gasteiger partial charge < -0.3 is 5.73 Å². The Bertz CT molecular complexity index is 574. The first-order valence-electron chi connectivity index (χ1n) is 6.76. The highest BCUT2D eigenvalue weighted by atomic mass is 16.1. The Morgan fingerprint density at radius 3 is 2.83 bits per heavy atom. The highest BCUT2D eigenvalue weighted by Gasteiger charge is 2.51. The lowest BCUT2D eigenvalue weighted by Gasteiger charge is -2.39. The predicted octanol–water partition coefficient (Wildman–Crippen LogP) is 2.98. The minimum atomic E-state index is 0.222. The summed E-state index contributed by atoms with van der Waals surface area (Å²) in [6.07, 6.45) is 8.93. The van der Waals surface area contributed by atoms with Crippen LogP contribution in [0.4, 0.5) is 5.69 Å². The molecule has 0 saturated heterocycles. The van der Waals surface area contributed by atoms with Gasteiger partial charge in [0.2, 0.25) is 0 Å². The van der Waals surface area contributed by atoms with Crippen LogP contribution in [0.3, 0.4) is 0 Å². The lowest BCUT2D eigenvalue weighted by molar-refractivity contribution is 0.0848. The molecule has 1 spiro atoms. The van der Waals surface area contributed by atoms with Crippen LogP contribution in [0, 0.1) is 17.3 Å². The summed E-state index contributed by atoms with van der Waals surface area (Å²) in [6.45, 7) is 0. The number of ketones is 1. The molecule has 1 aromatic carbocycles. The van der Waals surface area contributed by atoms with Crippen molar-refractivity contribution in [2.24, 2.45) is 17.3 Å². The monoisotopic (exact) mass is 239 g/mol. The maximum Gasteiger partial charge on any atom is 0.163 e. The predicted molar refractivity (Wildman–Crippen MR) is 71.3 cm³/mol. The first-order valence-corrected chi connectivity index (χ1v) is 6.76. The Hall–Kier alpha value is -1.57. The third-order valence-corrected chi connectivity index (χ3v) is 5.12. The van der Waals surface area contributed by atoms with Gasteiger partial charge in [0.25, 0.3) is 0 Å². The topological polar surface area (TPSA) is 43.1 Å². The second-order valence-electron chi connectivity index (χ2n) is 6.25. The molecular formula is C16H17NO. The molecule has 2 bridgehead atoms. The highest BCUT2D eigenvalue weighted by molar-refractivity contribution is 6.00. The first-order chi connectivity index (χ1) is 8.66. The second-order valence-corrected chi connectivity index (χ2v) is 6.25. The van der Waals surface area contributed by atoms with Crippen molar-refractivity contribution in [3.05, 3.63) is 41.5 Å². The summed E-state index contributed by atoms with van der Waals surface area (Å²) in [6, 6.07) is 5.83. The van der Waals surface area contributed by atoms with Crippen molar-refractivity contribution in [3.63, 3.8) is 0 Å². The summed E-state index contributed by atoms with van der Waals surface area (Å²) in [5, 5.41) is 0. The van der Waals surface area contributed by atoms with Gasteiger partial charge in [-0.25, -0.2) is 0 Å². The van der Waals surface area contributed by atoms with Crippen LogP contribution in [0.1, 0.15) is 35.2 Å². The van der Waals surface area contributed by atoms with Crippen molar-refractivity contribution in [3.8, 4) is 0 Å². The van der Waals surface area contributed by atoms with Gasteiger partial charge in [-0.1, -0.05) is 18.2 Å². The number of benzene rings is 1. The molecule has 3 unspecified atom stereocenters. The van der Waals surface area contributed by atoms with E-state index >= 15 is 0 Å². The molecule has 2 heteroatoms. The van der Waals surface area contributed by atoms with Gasteiger partial charge in [0.05, 0.1) is 0 Å². The molecule has 0 radical (unpaired) electrons. The molecule has 3 aliphatic rings. The molecule has 3 aliphatic carbocycles. The fourth-order valence-electron chi connectivity index (χ4n) is 4.32. The summed E-state index contributed by atoms with van der Waals surface area (Å²) >= 11 is 0. The summed E-state index contributed by atoms with van der Waals surface area (Å²) in [7, 11) is 0. The van der Waals surface area contributed by atoms with Gasteiger partial charge in [-0.2, -0.15) is 0 Å². The highest BCUT2D eigenvalue weighted by Crippen LogP contribution is 2.57. The van der Waals surface area contributed by atoms with Crippen LogP contribution in [-0.4, -0.2) is 5.78 Å². The van der Waals surface area contributed by atoms with Gasteiger partial charge in [-0.3, -0.25) is 4.79 Å². The number of nitrogens with two attached hydrogens (primary N) is 1. The number of hydrogen-bond donors (Lipinski definition) is 1. The number of nitrogen functional groups attached to an aromatic ring is 1. The Labute approximate surface area is 107 Å². The van der Waals surface area contributed by atoms with E-state index in [4.69, 9.17) is 5.73 Å². The Kier molecular flexibility index (Phi) is 1.87. The minimum absolute atomic E-state index is 0.222. The molecule has 0 aromatic heterocycles. The number of hydrogen-bond acceptors (Lipinski definition) is 2. The SMILES string of the molecule is Nc1ccc2c(c1)C(=O)CC1(C2)CC2C=CC1C2. The number of rotatable bonds is 0. The van der Waals surface area contributed by atoms with Gasteiger partial charge in [-0.05, 0) is 54.2 Å². The van der Waals surface area contributed by atoms with E-state index in [1.807, 2.05) is 12.1 Å².